The van der Waals surface area contributed by atoms with Crippen LogP contribution in [0.5, 0.6) is 5.75 Å². The van der Waals surface area contributed by atoms with Crippen molar-refractivity contribution in [2.75, 3.05) is 69.0 Å². The Kier molecular flexibility index (Phi) is 8.27. The van der Waals surface area contributed by atoms with Crippen LogP contribution in [0, 0.1) is 6.92 Å². The number of hydrogen-bond acceptors (Lipinski definition) is 7. The van der Waals surface area contributed by atoms with Crippen molar-refractivity contribution >= 4 is 28.6 Å². The van der Waals surface area contributed by atoms with Gasteiger partial charge in [-0.05, 0) is 32.1 Å². The average Bonchev–Trinajstić information content (AvgIpc) is 2.75. The molecule has 0 aliphatic carbocycles. The first-order valence-electron chi connectivity index (χ1n) is 10.5. The number of ether oxygens (including phenoxy) is 2. The molecule has 160 valence electrons. The molecular formula is C22H32N2O4S. The number of fused-ring (bicyclic) bond motifs is 1. The number of thioether (sulfide) groups is 1. The Morgan fingerprint density at radius 2 is 1.93 bits per heavy atom. The van der Waals surface area contributed by atoms with E-state index in [9.17, 15) is 4.79 Å². The van der Waals surface area contributed by atoms with Gasteiger partial charge < -0.3 is 23.7 Å². The lowest BCUT2D eigenvalue weighted by molar-refractivity contribution is 0.121. The summed E-state index contributed by atoms with van der Waals surface area (Å²) in [6.45, 7) is 13.1. The van der Waals surface area contributed by atoms with E-state index in [0.717, 1.165) is 55.5 Å². The molecule has 0 bridgehead atoms. The number of hydrogen-bond donors (Lipinski definition) is 0. The Hall–Kier alpha value is -1.70. The van der Waals surface area contributed by atoms with Crippen LogP contribution in [0.15, 0.2) is 27.4 Å². The molecular weight excluding hydrogens is 388 g/mol. The van der Waals surface area contributed by atoms with Crippen LogP contribution in [0.4, 0.5) is 5.88 Å². The second-order valence-corrected chi connectivity index (χ2v) is 8.33. The summed E-state index contributed by atoms with van der Waals surface area (Å²) >= 11 is 1.91. The molecule has 0 unspecified atom stereocenters. The van der Waals surface area contributed by atoms with E-state index in [4.69, 9.17) is 13.9 Å². The first-order chi connectivity index (χ1) is 14.1. The van der Waals surface area contributed by atoms with Crippen molar-refractivity contribution in [3.63, 3.8) is 0 Å². The molecule has 29 heavy (non-hydrogen) atoms. The molecule has 1 aliphatic heterocycles. The van der Waals surface area contributed by atoms with Gasteiger partial charge in [0.05, 0.1) is 25.2 Å². The van der Waals surface area contributed by atoms with Crippen molar-refractivity contribution in [1.29, 1.82) is 0 Å². The highest BCUT2D eigenvalue weighted by Crippen LogP contribution is 2.29. The Balaban J connectivity index is 1.63. The molecule has 0 radical (unpaired) electrons. The van der Waals surface area contributed by atoms with Crippen molar-refractivity contribution in [2.45, 2.75) is 20.8 Å². The van der Waals surface area contributed by atoms with Gasteiger partial charge in [0, 0.05) is 42.8 Å². The smallest absolute Gasteiger partial charge is 0.200 e. The van der Waals surface area contributed by atoms with Crippen molar-refractivity contribution in [2.24, 2.45) is 0 Å². The molecule has 0 spiro atoms. The minimum Gasteiger partial charge on any atom is -0.492 e. The van der Waals surface area contributed by atoms with Crippen molar-refractivity contribution < 1.29 is 13.9 Å². The van der Waals surface area contributed by atoms with E-state index in [1.807, 2.05) is 24.8 Å². The second-order valence-electron chi connectivity index (χ2n) is 7.10. The normalized spacial score (nSPS) is 14.7. The predicted octanol–water partition coefficient (Wildman–Crippen LogP) is 3.39. The number of benzene rings is 1. The number of nitrogens with zero attached hydrogens (tertiary/aromatic N) is 2. The molecule has 2 aromatic rings. The van der Waals surface area contributed by atoms with Crippen LogP contribution in [0.25, 0.3) is 11.0 Å². The Labute approximate surface area is 177 Å². The molecule has 7 heteroatoms. The summed E-state index contributed by atoms with van der Waals surface area (Å²) in [4.78, 5) is 17.1. The summed E-state index contributed by atoms with van der Waals surface area (Å²) in [5.74, 6) is 3.44. The first kappa shape index (κ1) is 22.0. The summed E-state index contributed by atoms with van der Waals surface area (Å²) in [6.07, 6.45) is 0. The quantitative estimate of drug-likeness (QED) is 0.546. The highest BCUT2D eigenvalue weighted by Gasteiger charge is 2.17. The van der Waals surface area contributed by atoms with E-state index in [-0.39, 0.29) is 5.43 Å². The summed E-state index contributed by atoms with van der Waals surface area (Å²) in [6, 6.07) is 5.27. The summed E-state index contributed by atoms with van der Waals surface area (Å²) in [5.41, 5.74) is 1.47. The average molecular weight is 421 g/mol. The van der Waals surface area contributed by atoms with Gasteiger partial charge in [-0.3, -0.25) is 4.79 Å². The lowest BCUT2D eigenvalue weighted by Gasteiger charge is -2.27. The van der Waals surface area contributed by atoms with Crippen LogP contribution in [0.3, 0.4) is 0 Å². The Bertz CT molecular complexity index is 845. The number of rotatable bonds is 10. The zero-order valence-corrected chi connectivity index (χ0v) is 18.6. The molecule has 1 aromatic heterocycles. The van der Waals surface area contributed by atoms with Gasteiger partial charge in [0.15, 0.2) is 11.3 Å². The minimum absolute atomic E-state index is 0.0191. The van der Waals surface area contributed by atoms with E-state index in [2.05, 4.69) is 23.6 Å². The van der Waals surface area contributed by atoms with Crippen molar-refractivity contribution in [1.82, 2.24) is 4.90 Å². The molecule has 1 saturated heterocycles. The van der Waals surface area contributed by atoms with E-state index in [1.54, 1.807) is 12.1 Å². The van der Waals surface area contributed by atoms with E-state index in [1.165, 1.54) is 0 Å². The minimum atomic E-state index is -0.0191. The standard InChI is InChI=1S/C22H32N2O4S/c1-4-23(5-2)10-14-29-15-13-27-20-7-6-18-19(25)16-21(28-22(18)17(20)3)24-8-11-26-12-9-24/h6-7,16H,4-5,8-15H2,1-3H3. The lowest BCUT2D eigenvalue weighted by Crippen LogP contribution is -2.36. The topological polar surface area (TPSA) is 55.2 Å². The zero-order chi connectivity index (χ0) is 20.6. The van der Waals surface area contributed by atoms with Gasteiger partial charge in [0.25, 0.3) is 0 Å². The number of anilines is 1. The third-order valence-electron chi connectivity index (χ3n) is 5.34. The van der Waals surface area contributed by atoms with Gasteiger partial charge in [-0.2, -0.15) is 11.8 Å². The third kappa shape index (κ3) is 5.68. The molecule has 6 nitrogen and oxygen atoms in total. The second kappa shape index (κ2) is 10.9. The predicted molar refractivity (Wildman–Crippen MR) is 121 cm³/mol. The molecule has 1 fully saturated rings. The fourth-order valence-electron chi connectivity index (χ4n) is 3.47. The third-order valence-corrected chi connectivity index (χ3v) is 6.26. The summed E-state index contributed by atoms with van der Waals surface area (Å²) < 4.78 is 17.5. The van der Waals surface area contributed by atoms with Gasteiger partial charge in [0.1, 0.15) is 11.3 Å². The van der Waals surface area contributed by atoms with Crippen LogP contribution in [-0.4, -0.2) is 69.0 Å². The Morgan fingerprint density at radius 1 is 1.17 bits per heavy atom. The molecule has 0 saturated carbocycles. The van der Waals surface area contributed by atoms with E-state index in [0.29, 0.717) is 36.7 Å². The maximum Gasteiger partial charge on any atom is 0.200 e. The number of aryl methyl sites for hydroxylation is 1. The summed E-state index contributed by atoms with van der Waals surface area (Å²) in [7, 11) is 0. The van der Waals surface area contributed by atoms with Crippen molar-refractivity contribution in [3.8, 4) is 5.75 Å². The highest BCUT2D eigenvalue weighted by molar-refractivity contribution is 7.99. The van der Waals surface area contributed by atoms with Crippen LogP contribution in [0.1, 0.15) is 19.4 Å². The van der Waals surface area contributed by atoms with Gasteiger partial charge in [-0.25, -0.2) is 0 Å². The van der Waals surface area contributed by atoms with Crippen LogP contribution >= 0.6 is 11.8 Å². The van der Waals surface area contributed by atoms with Crippen LogP contribution in [-0.2, 0) is 4.74 Å². The fraction of sp³-hybridized carbons (Fsp3) is 0.591. The monoisotopic (exact) mass is 420 g/mol. The first-order valence-corrected chi connectivity index (χ1v) is 11.6. The molecule has 3 rings (SSSR count). The van der Waals surface area contributed by atoms with Gasteiger partial charge in [-0.15, -0.1) is 0 Å². The molecule has 0 N–H and O–H groups in total. The molecule has 0 atom stereocenters. The van der Waals surface area contributed by atoms with Gasteiger partial charge in [0.2, 0.25) is 0 Å². The van der Waals surface area contributed by atoms with E-state index < -0.39 is 0 Å². The molecule has 0 amide bonds. The molecule has 2 heterocycles. The fourth-order valence-corrected chi connectivity index (χ4v) is 4.26. The summed E-state index contributed by atoms with van der Waals surface area (Å²) in [5, 5.41) is 0.598. The van der Waals surface area contributed by atoms with Crippen molar-refractivity contribution in [3.05, 3.63) is 34.0 Å². The van der Waals surface area contributed by atoms with Crippen LogP contribution < -0.4 is 15.1 Å². The SMILES string of the molecule is CCN(CC)CCSCCOc1ccc2c(=O)cc(N3CCOCC3)oc2c1C. The maximum atomic E-state index is 12.6. The molecule has 1 aliphatic rings. The van der Waals surface area contributed by atoms with E-state index >= 15 is 0 Å². The lowest BCUT2D eigenvalue weighted by atomic mass is 10.1. The number of morpholine rings is 1. The highest BCUT2D eigenvalue weighted by atomic mass is 32.2. The molecule has 1 aromatic carbocycles. The Morgan fingerprint density at radius 3 is 2.66 bits per heavy atom. The maximum absolute atomic E-state index is 12.6. The van der Waals surface area contributed by atoms with Gasteiger partial charge in [-0.1, -0.05) is 13.8 Å². The van der Waals surface area contributed by atoms with Crippen LogP contribution in [0.2, 0.25) is 0 Å². The zero-order valence-electron chi connectivity index (χ0n) is 17.7. The van der Waals surface area contributed by atoms with Gasteiger partial charge >= 0.3 is 0 Å². The largest absolute Gasteiger partial charge is 0.492 e.